The van der Waals surface area contributed by atoms with Gasteiger partial charge in [-0.3, -0.25) is 19.2 Å². The second kappa shape index (κ2) is 12.2. The van der Waals surface area contributed by atoms with Crippen LogP contribution in [0.1, 0.15) is 79.7 Å². The van der Waals surface area contributed by atoms with E-state index in [0.29, 0.717) is 17.6 Å². The lowest BCUT2D eigenvalue weighted by atomic mass is 9.35. The number of carboxylic acids is 1. The Kier molecular flexibility index (Phi) is 8.63. The zero-order chi connectivity index (χ0) is 40.5. The summed E-state index contributed by atoms with van der Waals surface area (Å²) in [6.45, 7) is 12.8. The molecule has 1 spiro atoms. The largest absolute Gasteiger partial charge is 0.481 e. The number of carboxylic acid groups (broad SMARTS) is 1. The smallest absolute Gasteiger partial charge is 0.313 e. The molecule has 0 bridgehead atoms. The Morgan fingerprint density at radius 3 is 2.27 bits per heavy atom. The number of carbonyl (C=O) groups is 4. The summed E-state index contributed by atoms with van der Waals surface area (Å²) in [5.41, 5.74) is 4.89. The lowest BCUT2D eigenvalue weighted by molar-refractivity contribution is -0.165. The van der Waals surface area contributed by atoms with E-state index in [9.17, 15) is 34.8 Å². The first-order valence-electron chi connectivity index (χ1n) is 19.4. The van der Waals surface area contributed by atoms with Crippen molar-refractivity contribution in [3.63, 3.8) is 0 Å². The number of aliphatic hydroxyl groups is 3. The lowest BCUT2D eigenvalue weighted by Crippen LogP contribution is -2.70. The van der Waals surface area contributed by atoms with Crippen molar-refractivity contribution in [3.05, 3.63) is 77.4 Å². The highest BCUT2D eigenvalue weighted by molar-refractivity contribution is 6.02. The van der Waals surface area contributed by atoms with Gasteiger partial charge in [-0.2, -0.15) is 0 Å². The molecule has 294 valence electrons. The Hall–Kier alpha value is -4.19. The zero-order valence-corrected chi connectivity index (χ0v) is 32.7. The van der Waals surface area contributed by atoms with Crippen molar-refractivity contribution in [2.75, 3.05) is 0 Å². The van der Waals surface area contributed by atoms with Gasteiger partial charge < -0.3 is 31.9 Å². The van der Waals surface area contributed by atoms with Gasteiger partial charge in [0.05, 0.1) is 11.6 Å². The van der Waals surface area contributed by atoms with E-state index in [2.05, 4.69) is 4.99 Å². The number of hydrogen-bond donors (Lipinski definition) is 6. The van der Waals surface area contributed by atoms with Crippen LogP contribution in [0, 0.1) is 56.7 Å². The highest BCUT2D eigenvalue weighted by Crippen LogP contribution is 2.82. The molecule has 7 rings (SSSR count). The molecule has 0 heterocycles. The van der Waals surface area contributed by atoms with E-state index in [1.807, 2.05) is 90.1 Å². The second-order valence-electron chi connectivity index (χ2n) is 18.6. The van der Waals surface area contributed by atoms with Crippen molar-refractivity contribution in [3.8, 4) is 0 Å². The number of nitrogens with two attached hydrogens (primary N) is 2. The number of allylic oxidation sites excluding steroid dienone is 2. The minimum absolute atomic E-state index is 0.0281. The van der Waals surface area contributed by atoms with Crippen molar-refractivity contribution in [1.82, 2.24) is 0 Å². The Morgan fingerprint density at radius 1 is 1.00 bits per heavy atom. The average molecular weight is 754 g/mol. The predicted molar refractivity (Wildman–Crippen MR) is 207 cm³/mol. The van der Waals surface area contributed by atoms with Crippen LogP contribution >= 0.6 is 0 Å². The molecule has 8 N–H and O–H groups in total. The van der Waals surface area contributed by atoms with E-state index in [0.717, 1.165) is 5.56 Å². The van der Waals surface area contributed by atoms with Crippen molar-refractivity contribution in [1.29, 1.82) is 0 Å². The van der Waals surface area contributed by atoms with E-state index >= 15 is 4.79 Å². The molecular weight excluding hydrogens is 698 g/mol. The second-order valence-corrected chi connectivity index (χ2v) is 18.6. The van der Waals surface area contributed by atoms with Crippen LogP contribution in [0.4, 0.5) is 0 Å². The summed E-state index contributed by atoms with van der Waals surface area (Å²) in [7, 11) is 0. The number of ketones is 3. The van der Waals surface area contributed by atoms with Crippen molar-refractivity contribution >= 4 is 35.4 Å². The van der Waals surface area contributed by atoms with Crippen LogP contribution in [0.2, 0.25) is 0 Å². The summed E-state index contributed by atoms with van der Waals surface area (Å²) in [4.78, 5) is 58.9. The molecule has 2 saturated carbocycles. The Labute approximate surface area is 322 Å². The number of aliphatic carboxylic acids is 1. The maximum Gasteiger partial charge on any atom is 0.313 e. The third kappa shape index (κ3) is 4.81. The highest BCUT2D eigenvalue weighted by atomic mass is 16.4. The van der Waals surface area contributed by atoms with E-state index < -0.39 is 91.8 Å². The molecule has 0 aromatic heterocycles. The van der Waals surface area contributed by atoms with Gasteiger partial charge in [0, 0.05) is 51.9 Å². The molecule has 2 fully saturated rings. The Balaban J connectivity index is 1.48. The fourth-order valence-corrected chi connectivity index (χ4v) is 13.1. The molecule has 0 radical (unpaired) electrons. The van der Waals surface area contributed by atoms with Gasteiger partial charge in [0.25, 0.3) is 0 Å². The first kappa shape index (κ1) is 39.1. The molecule has 13 atom stereocenters. The minimum Gasteiger partial charge on any atom is -0.481 e. The van der Waals surface area contributed by atoms with Crippen LogP contribution in [0.15, 0.2) is 76.9 Å². The minimum atomic E-state index is -1.80. The number of hydrogen-bond acceptors (Lipinski definition) is 8. The summed E-state index contributed by atoms with van der Waals surface area (Å²) in [6, 6.07) is 8.78. The van der Waals surface area contributed by atoms with Gasteiger partial charge in [-0.05, 0) is 54.2 Å². The predicted octanol–water partition coefficient (Wildman–Crippen LogP) is 4.16. The van der Waals surface area contributed by atoms with E-state index in [4.69, 9.17) is 11.5 Å². The molecule has 1 aromatic carbocycles. The first-order chi connectivity index (χ1) is 25.5. The maximum absolute atomic E-state index is 15.3. The fraction of sp³-hybridized carbons (Fsp3) is 0.568. The number of fused-ring (bicyclic) bond motifs is 3. The molecule has 11 heteroatoms. The number of benzene rings is 1. The monoisotopic (exact) mass is 753 g/mol. The number of carbonyl (C=O) groups excluding carboxylic acids is 3. The quantitative estimate of drug-likeness (QED) is 0.101. The van der Waals surface area contributed by atoms with Gasteiger partial charge in [0.2, 0.25) is 0 Å². The first-order valence-corrected chi connectivity index (χ1v) is 19.4. The number of aliphatic hydroxyl groups excluding tert-OH is 1. The number of nitrogens with zero attached hydrogens (tertiary/aromatic N) is 1. The summed E-state index contributed by atoms with van der Waals surface area (Å²) in [5, 5.41) is 48.2. The number of guanidine groups is 1. The van der Waals surface area contributed by atoms with Crippen LogP contribution in [-0.4, -0.2) is 73.1 Å². The van der Waals surface area contributed by atoms with Crippen molar-refractivity contribution in [2.24, 2.45) is 73.1 Å². The van der Waals surface area contributed by atoms with Gasteiger partial charge >= 0.3 is 5.97 Å². The van der Waals surface area contributed by atoms with Crippen LogP contribution in [0.3, 0.4) is 0 Å². The topological polar surface area (TPSA) is 214 Å². The van der Waals surface area contributed by atoms with Gasteiger partial charge in [-0.1, -0.05) is 102 Å². The lowest BCUT2D eigenvalue weighted by Gasteiger charge is -2.68. The zero-order valence-electron chi connectivity index (χ0n) is 32.7. The van der Waals surface area contributed by atoms with Crippen LogP contribution in [0.25, 0.3) is 6.08 Å². The summed E-state index contributed by atoms with van der Waals surface area (Å²) in [6.07, 6.45) is 9.78. The van der Waals surface area contributed by atoms with Crippen LogP contribution < -0.4 is 11.5 Å². The highest BCUT2D eigenvalue weighted by Gasteiger charge is 2.82. The molecule has 0 saturated heterocycles. The normalized spacial score (nSPS) is 43.6. The van der Waals surface area contributed by atoms with E-state index in [1.165, 1.54) is 6.92 Å². The molecule has 6 aliphatic rings. The maximum atomic E-state index is 15.3. The summed E-state index contributed by atoms with van der Waals surface area (Å²) in [5.74, 6) is -7.04. The molecule has 0 amide bonds. The molecular formula is C44H55N3O8. The molecule has 55 heavy (non-hydrogen) atoms. The third-order valence-corrected chi connectivity index (χ3v) is 16.0. The summed E-state index contributed by atoms with van der Waals surface area (Å²) >= 11 is 0. The molecule has 1 aromatic rings. The third-order valence-electron chi connectivity index (χ3n) is 16.0. The van der Waals surface area contributed by atoms with Gasteiger partial charge in [-0.15, -0.1) is 0 Å². The summed E-state index contributed by atoms with van der Waals surface area (Å²) < 4.78 is 0. The molecule has 11 nitrogen and oxygen atoms in total. The van der Waals surface area contributed by atoms with E-state index in [1.54, 1.807) is 18.2 Å². The number of rotatable bonds is 7. The van der Waals surface area contributed by atoms with E-state index in [-0.39, 0.29) is 36.8 Å². The van der Waals surface area contributed by atoms with Gasteiger partial charge in [0.15, 0.2) is 17.5 Å². The molecule has 0 aliphatic heterocycles. The molecule has 6 aliphatic carbocycles. The number of Topliss-reactive ketones (excluding diaryl/α,β-unsaturated/α-hetero) is 3. The SMILES string of the molecule is CC(C(=O)O)C(=O)C(O)C1C(N=C(N)N)C=CC2(CC3(O)C=CC4(O)C5=C(C(=O)CC2(C)C53C)C2(C)CCC(=O)C(C)(C)C2C4C=Cc2ccccc2)C1C. The molecule has 13 unspecified atom stereocenters. The standard InChI is InChI=1S/C44H55N3O8/c1-23(36(52)53)32(50)33(51)30-24(2)42(18-15-27(30)47-37(45)46)22-43(54)19-20-44(55)26(14-13-25-11-9-8-10-12-25)34-38(3,4)29(49)16-17-39(34,5)31-28(48)21-40(42,6)41(43,7)35(31)44/h8-15,18-20,23-24,26-27,30,33-34,51,54-55H,16-17,21-22H2,1-7H3,(H,52,53)(H4,45,46,47). The van der Waals surface area contributed by atoms with Crippen molar-refractivity contribution < 1.29 is 39.6 Å². The Bertz CT molecular complexity index is 2030. The number of aliphatic imine (C=N–C) groups is 1. The van der Waals surface area contributed by atoms with Crippen LogP contribution in [0.5, 0.6) is 0 Å². The fourth-order valence-electron chi connectivity index (χ4n) is 13.1. The van der Waals surface area contributed by atoms with Crippen LogP contribution in [-0.2, 0) is 19.2 Å². The van der Waals surface area contributed by atoms with Crippen molar-refractivity contribution in [2.45, 2.75) is 97.5 Å². The Morgan fingerprint density at radius 2 is 1.65 bits per heavy atom. The average Bonchev–Trinajstić information content (AvgIpc) is 3.26. The van der Waals surface area contributed by atoms with Gasteiger partial charge in [0.1, 0.15) is 23.4 Å². The van der Waals surface area contributed by atoms with Gasteiger partial charge in [-0.25, -0.2) is 4.99 Å².